The van der Waals surface area contributed by atoms with Crippen molar-refractivity contribution < 1.29 is 17.5 Å². The highest BCUT2D eigenvalue weighted by atomic mass is 79.9. The molecule has 0 spiro atoms. The number of halogens is 3. The van der Waals surface area contributed by atoms with E-state index in [1.165, 1.54) is 30.3 Å². The van der Waals surface area contributed by atoms with Crippen LogP contribution < -0.4 is 4.74 Å². The molecule has 3 nitrogen and oxygen atoms in total. The Morgan fingerprint density at radius 2 is 1.90 bits per heavy atom. The highest BCUT2D eigenvalue weighted by Gasteiger charge is 2.14. The van der Waals surface area contributed by atoms with Crippen molar-refractivity contribution in [3.05, 3.63) is 52.3 Å². The smallest absolute Gasteiger partial charge is 0.261 e. The van der Waals surface area contributed by atoms with E-state index in [-0.39, 0.29) is 10.6 Å². The van der Waals surface area contributed by atoms with Gasteiger partial charge < -0.3 is 4.74 Å². The maximum atomic E-state index is 13.6. The molecule has 7 heteroatoms. The van der Waals surface area contributed by atoms with Gasteiger partial charge in [-0.15, -0.1) is 0 Å². The van der Waals surface area contributed by atoms with E-state index in [0.29, 0.717) is 15.8 Å². The van der Waals surface area contributed by atoms with Crippen LogP contribution in [0.15, 0.2) is 45.8 Å². The van der Waals surface area contributed by atoms with Gasteiger partial charge in [-0.25, -0.2) is 12.8 Å². The van der Waals surface area contributed by atoms with Gasteiger partial charge in [-0.2, -0.15) is 0 Å². The van der Waals surface area contributed by atoms with Crippen molar-refractivity contribution in [3.63, 3.8) is 0 Å². The molecule has 0 amide bonds. The Morgan fingerprint density at radius 3 is 2.50 bits per heavy atom. The normalized spacial score (nSPS) is 11.4. The van der Waals surface area contributed by atoms with E-state index in [1.54, 1.807) is 13.0 Å². The van der Waals surface area contributed by atoms with Crippen LogP contribution in [0.1, 0.15) is 5.56 Å². The minimum atomic E-state index is -3.80. The molecule has 2 aromatic carbocycles. The van der Waals surface area contributed by atoms with Gasteiger partial charge in [0.15, 0.2) is 11.6 Å². The summed E-state index contributed by atoms with van der Waals surface area (Å²) in [5.74, 6) is -0.149. The van der Waals surface area contributed by atoms with Crippen LogP contribution in [-0.2, 0) is 9.05 Å². The number of aryl methyl sites for hydroxylation is 1. The molecule has 0 N–H and O–H groups in total. The van der Waals surface area contributed by atoms with Gasteiger partial charge in [-0.3, -0.25) is 0 Å². The second kappa shape index (κ2) is 5.71. The monoisotopic (exact) mass is 378 g/mol. The van der Waals surface area contributed by atoms with E-state index < -0.39 is 14.9 Å². The van der Waals surface area contributed by atoms with Gasteiger partial charge in [0.2, 0.25) is 0 Å². The molecule has 0 aromatic heterocycles. The predicted octanol–water partition coefficient (Wildman–Crippen LogP) is 4.62. The van der Waals surface area contributed by atoms with Crippen LogP contribution in [0.25, 0.3) is 0 Å². The van der Waals surface area contributed by atoms with Crippen LogP contribution in [0.2, 0.25) is 0 Å². The summed E-state index contributed by atoms with van der Waals surface area (Å²) in [4.78, 5) is 0.00114. The Kier molecular flexibility index (Phi) is 4.36. The molecule has 2 rings (SSSR count). The summed E-state index contributed by atoms with van der Waals surface area (Å²) >= 11 is 3.22. The number of hydrogen-bond acceptors (Lipinski definition) is 3. The zero-order valence-corrected chi connectivity index (χ0v) is 13.4. The molecule has 0 radical (unpaired) electrons. The van der Waals surface area contributed by atoms with Crippen molar-refractivity contribution in [1.29, 1.82) is 0 Å². The summed E-state index contributed by atoms with van der Waals surface area (Å²) in [5, 5.41) is 0. The third-order valence-corrected chi connectivity index (χ3v) is 4.51. The fraction of sp³-hybridized carbons (Fsp3) is 0.0769. The maximum absolute atomic E-state index is 13.6. The molecule has 0 heterocycles. The molecule has 0 unspecified atom stereocenters. The van der Waals surface area contributed by atoms with Crippen LogP contribution in [0, 0.1) is 12.7 Å². The van der Waals surface area contributed by atoms with E-state index in [2.05, 4.69) is 15.9 Å². The zero-order valence-electron chi connectivity index (χ0n) is 10.2. The molecule has 0 saturated carbocycles. The quantitative estimate of drug-likeness (QED) is 0.731. The highest BCUT2D eigenvalue weighted by Crippen LogP contribution is 2.30. The van der Waals surface area contributed by atoms with Gasteiger partial charge in [-0.05, 0) is 48.9 Å². The lowest BCUT2D eigenvalue weighted by Gasteiger charge is -2.09. The van der Waals surface area contributed by atoms with Gasteiger partial charge in [0.25, 0.3) is 9.05 Å². The molecule has 0 fully saturated rings. The fourth-order valence-corrected chi connectivity index (χ4v) is 3.17. The van der Waals surface area contributed by atoms with E-state index in [0.717, 1.165) is 0 Å². The second-order valence-corrected chi connectivity index (χ2v) is 7.49. The van der Waals surface area contributed by atoms with Crippen LogP contribution >= 0.6 is 26.6 Å². The minimum absolute atomic E-state index is 0.00114. The summed E-state index contributed by atoms with van der Waals surface area (Å²) in [5.41, 5.74) is 0.424. The van der Waals surface area contributed by atoms with Crippen molar-refractivity contribution in [3.8, 4) is 11.5 Å². The molecule has 2 aromatic rings. The van der Waals surface area contributed by atoms with Crippen LogP contribution in [0.4, 0.5) is 4.39 Å². The van der Waals surface area contributed by atoms with Crippen LogP contribution in [-0.4, -0.2) is 8.42 Å². The summed E-state index contributed by atoms with van der Waals surface area (Å²) in [6.07, 6.45) is 0. The first-order valence-electron chi connectivity index (χ1n) is 5.45. The van der Waals surface area contributed by atoms with E-state index in [1.807, 2.05) is 0 Å². The van der Waals surface area contributed by atoms with Crippen molar-refractivity contribution in [2.24, 2.45) is 0 Å². The number of rotatable bonds is 3. The lowest BCUT2D eigenvalue weighted by atomic mass is 10.2. The van der Waals surface area contributed by atoms with E-state index >= 15 is 0 Å². The molecule has 20 heavy (non-hydrogen) atoms. The Morgan fingerprint density at radius 1 is 1.20 bits per heavy atom. The molecular weight excluding hydrogens is 371 g/mol. The summed E-state index contributed by atoms with van der Waals surface area (Å²) in [7, 11) is 1.48. The lowest BCUT2D eigenvalue weighted by Crippen LogP contribution is -1.95. The third kappa shape index (κ3) is 3.50. The van der Waals surface area contributed by atoms with Gasteiger partial charge in [0, 0.05) is 15.2 Å². The fourth-order valence-electron chi connectivity index (χ4n) is 1.64. The van der Waals surface area contributed by atoms with E-state index in [9.17, 15) is 12.8 Å². The van der Waals surface area contributed by atoms with Crippen LogP contribution in [0.5, 0.6) is 11.5 Å². The topological polar surface area (TPSA) is 43.4 Å². The zero-order chi connectivity index (χ0) is 14.9. The second-order valence-electron chi connectivity index (χ2n) is 4.04. The summed E-state index contributed by atoms with van der Waals surface area (Å²) < 4.78 is 42.2. The molecule has 0 bridgehead atoms. The number of benzene rings is 2. The first kappa shape index (κ1) is 15.3. The van der Waals surface area contributed by atoms with Gasteiger partial charge in [0.1, 0.15) is 5.75 Å². The Bertz CT molecular complexity index is 762. The molecule has 0 aliphatic carbocycles. The SMILES string of the molecule is Cc1cc(Oc2cc(Br)ccc2F)ccc1S(=O)(=O)Cl. The minimum Gasteiger partial charge on any atom is -0.454 e. The Balaban J connectivity index is 2.36. The number of ether oxygens (including phenoxy) is 1. The van der Waals surface area contributed by atoms with Gasteiger partial charge >= 0.3 is 0 Å². The average molecular weight is 380 g/mol. The molecule has 0 atom stereocenters. The largest absolute Gasteiger partial charge is 0.454 e. The first-order chi connectivity index (χ1) is 9.27. The molecular formula is C13H9BrClFO3S. The summed E-state index contributed by atoms with van der Waals surface area (Å²) in [6.45, 7) is 1.58. The average Bonchev–Trinajstić information content (AvgIpc) is 2.32. The predicted molar refractivity (Wildman–Crippen MR) is 78.4 cm³/mol. The van der Waals surface area contributed by atoms with Gasteiger partial charge in [-0.1, -0.05) is 15.9 Å². The summed E-state index contributed by atoms with van der Waals surface area (Å²) in [6, 6.07) is 8.53. The maximum Gasteiger partial charge on any atom is 0.261 e. The molecule has 106 valence electrons. The van der Waals surface area contributed by atoms with Crippen molar-refractivity contribution in [1.82, 2.24) is 0 Å². The van der Waals surface area contributed by atoms with Crippen molar-refractivity contribution in [2.75, 3.05) is 0 Å². The van der Waals surface area contributed by atoms with Crippen molar-refractivity contribution in [2.45, 2.75) is 11.8 Å². The molecule has 0 aliphatic heterocycles. The molecule has 0 saturated heterocycles. The standard InChI is InChI=1S/C13H9BrClFO3S/c1-8-6-10(3-5-13(8)20(15,17)18)19-12-7-9(14)2-4-11(12)16/h2-7H,1H3. The number of hydrogen-bond donors (Lipinski definition) is 0. The van der Waals surface area contributed by atoms with Crippen LogP contribution in [0.3, 0.4) is 0 Å². The highest BCUT2D eigenvalue weighted by molar-refractivity contribution is 9.10. The van der Waals surface area contributed by atoms with Crippen molar-refractivity contribution >= 4 is 35.7 Å². The van der Waals surface area contributed by atoms with E-state index in [4.69, 9.17) is 15.4 Å². The Hall–Kier alpha value is -1.11. The third-order valence-electron chi connectivity index (χ3n) is 2.53. The lowest BCUT2D eigenvalue weighted by molar-refractivity contribution is 0.441. The Labute approximate surface area is 128 Å². The first-order valence-corrected chi connectivity index (χ1v) is 8.56. The molecule has 0 aliphatic rings. The van der Waals surface area contributed by atoms with Gasteiger partial charge in [0.05, 0.1) is 4.90 Å².